The molecule has 3 rings (SSSR count). The van der Waals surface area contributed by atoms with Gasteiger partial charge in [0, 0.05) is 20.6 Å². The molecule has 1 saturated heterocycles. The molecule has 1 fully saturated rings. The maximum atomic E-state index is 13.1. The number of amidine groups is 1. The number of aromatic nitrogens is 2. The number of imide groups is 1. The molecule has 9 nitrogen and oxygen atoms in total. The third kappa shape index (κ3) is 3.05. The number of ether oxygens (including phenoxy) is 1. The number of nitrogens with zero attached hydrogens (tertiary/aromatic N) is 6. The molecule has 0 radical (unpaired) electrons. The molecule has 3 heterocycles. The van der Waals surface area contributed by atoms with Crippen molar-refractivity contribution in [3.63, 3.8) is 0 Å². The van der Waals surface area contributed by atoms with Crippen molar-refractivity contribution < 1.29 is 18.9 Å². The number of methoxy groups -OCH3 is 1. The molecule has 2 aliphatic heterocycles. The summed E-state index contributed by atoms with van der Waals surface area (Å²) < 4.78 is 8.76. The molecule has 2 aliphatic rings. The zero-order chi connectivity index (χ0) is 19.7. The van der Waals surface area contributed by atoms with Crippen LogP contribution in [0.1, 0.15) is 32.2 Å². The number of urea groups is 1. The molecular formula is C18H27N6O3+. The molecule has 0 bridgehead atoms. The van der Waals surface area contributed by atoms with Gasteiger partial charge in [0.25, 0.3) is 5.91 Å². The molecule has 1 atom stereocenters. The van der Waals surface area contributed by atoms with Gasteiger partial charge in [-0.15, -0.1) is 9.78 Å². The summed E-state index contributed by atoms with van der Waals surface area (Å²) >= 11 is 0. The lowest BCUT2D eigenvalue weighted by atomic mass is 10.1. The van der Waals surface area contributed by atoms with Crippen LogP contribution in [0.15, 0.2) is 11.1 Å². The topological polar surface area (TPSA) is 83.0 Å². The number of hydrogen-bond acceptors (Lipinski definition) is 5. The summed E-state index contributed by atoms with van der Waals surface area (Å²) in [7, 11) is 3.20. The highest BCUT2D eigenvalue weighted by Crippen LogP contribution is 2.21. The monoisotopic (exact) mass is 375 g/mol. The smallest absolute Gasteiger partial charge is 0.383 e. The highest BCUT2D eigenvalue weighted by atomic mass is 16.5. The molecule has 9 heteroatoms. The van der Waals surface area contributed by atoms with Crippen molar-refractivity contribution in [1.82, 2.24) is 19.6 Å². The molecule has 27 heavy (non-hydrogen) atoms. The first kappa shape index (κ1) is 19.2. The summed E-state index contributed by atoms with van der Waals surface area (Å²) in [6.45, 7) is 7.18. The molecular weight excluding hydrogens is 348 g/mol. The van der Waals surface area contributed by atoms with E-state index in [2.05, 4.69) is 30.0 Å². The fraction of sp³-hybridized carbons (Fsp3) is 0.611. The largest absolute Gasteiger partial charge is 0.421 e. The predicted octanol–water partition coefficient (Wildman–Crippen LogP) is 0.566. The lowest BCUT2D eigenvalue weighted by Crippen LogP contribution is -2.63. The van der Waals surface area contributed by atoms with Gasteiger partial charge in [0.1, 0.15) is 5.69 Å². The number of likely N-dealkylation sites (N-methyl/N-ethyl adjacent to an activating group) is 2. The average molecular weight is 375 g/mol. The fourth-order valence-corrected chi connectivity index (χ4v) is 3.46. The Morgan fingerprint density at radius 2 is 1.96 bits per heavy atom. The van der Waals surface area contributed by atoms with Gasteiger partial charge < -0.3 is 4.74 Å². The molecule has 0 aliphatic carbocycles. The molecule has 0 saturated carbocycles. The van der Waals surface area contributed by atoms with Crippen LogP contribution in [0, 0.1) is 0 Å². The lowest BCUT2D eigenvalue weighted by Gasteiger charge is -2.33. The van der Waals surface area contributed by atoms with Crippen molar-refractivity contribution in [3.8, 4) is 0 Å². The van der Waals surface area contributed by atoms with E-state index in [4.69, 9.17) is 4.74 Å². The molecule has 0 N–H and O–H groups in total. The van der Waals surface area contributed by atoms with E-state index in [1.165, 1.54) is 9.80 Å². The zero-order valence-corrected chi connectivity index (χ0v) is 16.6. The van der Waals surface area contributed by atoms with E-state index in [9.17, 15) is 9.59 Å². The van der Waals surface area contributed by atoms with E-state index >= 15 is 0 Å². The number of amides is 3. The number of carbonyl (C=O) groups is 2. The second-order valence-electron chi connectivity index (χ2n) is 6.53. The zero-order valence-electron chi connectivity index (χ0n) is 16.6. The van der Waals surface area contributed by atoms with E-state index in [0.717, 1.165) is 24.2 Å². The number of carbonyl (C=O) groups excluding carboxylic acids is 2. The van der Waals surface area contributed by atoms with Crippen LogP contribution in [0.3, 0.4) is 0 Å². The maximum Gasteiger partial charge on any atom is 0.421 e. The van der Waals surface area contributed by atoms with Crippen LogP contribution in [0.25, 0.3) is 0 Å². The van der Waals surface area contributed by atoms with Crippen molar-refractivity contribution in [2.24, 2.45) is 4.99 Å². The minimum Gasteiger partial charge on any atom is -0.383 e. The van der Waals surface area contributed by atoms with Crippen molar-refractivity contribution in [1.29, 1.82) is 0 Å². The van der Waals surface area contributed by atoms with E-state index in [1.54, 1.807) is 18.8 Å². The van der Waals surface area contributed by atoms with Gasteiger partial charge in [0.15, 0.2) is 0 Å². The van der Waals surface area contributed by atoms with Gasteiger partial charge in [-0.2, -0.15) is 0 Å². The first-order chi connectivity index (χ1) is 13.0. The highest BCUT2D eigenvalue weighted by molar-refractivity contribution is 6.23. The van der Waals surface area contributed by atoms with Gasteiger partial charge in [0.2, 0.25) is 11.9 Å². The van der Waals surface area contributed by atoms with Crippen LogP contribution in [-0.4, -0.2) is 87.8 Å². The summed E-state index contributed by atoms with van der Waals surface area (Å²) in [6, 6.07) is 1.06. The van der Waals surface area contributed by atoms with Gasteiger partial charge >= 0.3 is 12.0 Å². The summed E-state index contributed by atoms with van der Waals surface area (Å²) in [6.07, 6.45) is 1.62. The second kappa shape index (κ2) is 7.59. The van der Waals surface area contributed by atoms with Crippen LogP contribution >= 0.6 is 0 Å². The SMILES string of the molecule is CCc1cc(CC)n(C2=[N+](CC)C3C(=O)N(CCOC)C(=O)N(C)C3=N2)n1. The van der Waals surface area contributed by atoms with Crippen molar-refractivity contribution in [3.05, 3.63) is 17.5 Å². The Bertz CT molecular complexity index is 825. The minimum absolute atomic E-state index is 0.219. The Labute approximate surface area is 158 Å². The molecule has 0 spiro atoms. The van der Waals surface area contributed by atoms with Gasteiger partial charge in [-0.1, -0.05) is 18.8 Å². The highest BCUT2D eigenvalue weighted by Gasteiger charge is 2.52. The molecule has 1 unspecified atom stereocenters. The summed E-state index contributed by atoms with van der Waals surface area (Å²) in [5.41, 5.74) is 2.00. The molecule has 0 aromatic carbocycles. The van der Waals surface area contributed by atoms with E-state index in [0.29, 0.717) is 24.9 Å². The summed E-state index contributed by atoms with van der Waals surface area (Å²) in [4.78, 5) is 33.1. The Balaban J connectivity index is 2.08. The Morgan fingerprint density at radius 1 is 1.22 bits per heavy atom. The van der Waals surface area contributed by atoms with Gasteiger partial charge in [-0.25, -0.2) is 9.37 Å². The van der Waals surface area contributed by atoms with Crippen molar-refractivity contribution in [2.75, 3.05) is 33.9 Å². The van der Waals surface area contributed by atoms with Crippen molar-refractivity contribution >= 4 is 23.7 Å². The maximum absolute atomic E-state index is 13.1. The molecule has 1 aromatic rings. The molecule has 3 amide bonds. The van der Waals surface area contributed by atoms with Gasteiger partial charge in [-0.05, 0) is 19.4 Å². The minimum atomic E-state index is -0.622. The van der Waals surface area contributed by atoms with E-state index in [1.807, 2.05) is 11.5 Å². The predicted molar refractivity (Wildman–Crippen MR) is 100 cm³/mol. The number of hydrogen-bond donors (Lipinski definition) is 0. The second-order valence-corrected chi connectivity index (χ2v) is 6.53. The quantitative estimate of drug-likeness (QED) is 0.681. The van der Waals surface area contributed by atoms with Crippen LogP contribution in [0.5, 0.6) is 0 Å². The van der Waals surface area contributed by atoms with E-state index < -0.39 is 6.04 Å². The third-order valence-electron chi connectivity index (χ3n) is 5.00. The number of rotatable bonds is 6. The van der Waals surface area contributed by atoms with Crippen LogP contribution < -0.4 is 0 Å². The lowest BCUT2D eigenvalue weighted by molar-refractivity contribution is -0.534. The number of aliphatic imine (C=N–C) groups is 1. The van der Waals surface area contributed by atoms with Gasteiger partial charge in [-0.3, -0.25) is 14.6 Å². The van der Waals surface area contributed by atoms with Gasteiger partial charge in [0.05, 0.1) is 25.4 Å². The van der Waals surface area contributed by atoms with Crippen LogP contribution in [0.4, 0.5) is 4.79 Å². The van der Waals surface area contributed by atoms with E-state index in [-0.39, 0.29) is 18.5 Å². The molecule has 1 aromatic heterocycles. The first-order valence-electron chi connectivity index (χ1n) is 9.36. The molecule has 146 valence electrons. The average Bonchev–Trinajstić information content (AvgIpc) is 3.27. The van der Waals surface area contributed by atoms with Crippen LogP contribution in [0.2, 0.25) is 0 Å². The number of aryl methyl sites for hydroxylation is 2. The fourth-order valence-electron chi connectivity index (χ4n) is 3.46. The third-order valence-corrected chi connectivity index (χ3v) is 5.00. The Kier molecular flexibility index (Phi) is 5.41. The summed E-state index contributed by atoms with van der Waals surface area (Å²) in [5, 5.41) is 4.66. The first-order valence-corrected chi connectivity index (χ1v) is 9.36. The van der Waals surface area contributed by atoms with Crippen molar-refractivity contribution in [2.45, 2.75) is 39.7 Å². The van der Waals surface area contributed by atoms with Crippen LogP contribution in [-0.2, 0) is 22.4 Å². The standard InChI is InChI=1S/C18H27N6O3/c1-6-12-11-13(7-2)24(20-12)17-19-15-14(22(17)8-3)16(25)23(9-10-27-5)18(26)21(15)4/h11,14H,6-10H2,1-5H3/q+1. The summed E-state index contributed by atoms with van der Waals surface area (Å²) in [5.74, 6) is 0.772. The number of fused-ring (bicyclic) bond motifs is 1. The Hall–Kier alpha value is -2.55. The normalized spacial score (nSPS) is 19.9. The Morgan fingerprint density at radius 3 is 2.56 bits per heavy atom.